The van der Waals surface area contributed by atoms with E-state index in [-0.39, 0.29) is 21.4 Å². The van der Waals surface area contributed by atoms with Gasteiger partial charge in [-0.1, -0.05) is 39.3 Å². The van der Waals surface area contributed by atoms with Gasteiger partial charge in [0.1, 0.15) is 5.82 Å². The second-order valence-corrected chi connectivity index (χ2v) is 10.7. The molecular weight excluding hydrogens is 394 g/mol. The summed E-state index contributed by atoms with van der Waals surface area (Å²) in [7, 11) is 0. The van der Waals surface area contributed by atoms with Crippen LogP contribution in [0.25, 0.3) is 0 Å². The van der Waals surface area contributed by atoms with Crippen molar-refractivity contribution in [2.45, 2.75) is 64.2 Å². The van der Waals surface area contributed by atoms with E-state index in [0.717, 1.165) is 24.5 Å². The SMILES string of the molecule is CC1(C)CCC(C)(C)c2sc(N(CC3CC3)c3cc(Cl)c(C(=O)O)cn3)nc21. The van der Waals surface area contributed by atoms with E-state index >= 15 is 0 Å². The number of hydrogen-bond donors (Lipinski definition) is 1. The molecular formula is C21H26ClN3O2S. The lowest BCUT2D eigenvalue weighted by atomic mass is 9.69. The zero-order chi connectivity index (χ0) is 20.3. The van der Waals surface area contributed by atoms with Gasteiger partial charge in [0.2, 0.25) is 0 Å². The van der Waals surface area contributed by atoms with Crippen LogP contribution in [0, 0.1) is 5.92 Å². The maximum Gasteiger partial charge on any atom is 0.338 e. The molecule has 2 aromatic rings. The van der Waals surface area contributed by atoms with Gasteiger partial charge in [-0.15, -0.1) is 11.3 Å². The molecule has 0 radical (unpaired) electrons. The van der Waals surface area contributed by atoms with E-state index in [2.05, 4.69) is 37.6 Å². The molecule has 28 heavy (non-hydrogen) atoms. The standard InChI is InChI=1S/C21H26ClN3O2S/c1-20(2)7-8-21(3,4)17-16(20)24-19(28-17)25(11-12-5-6-12)15-9-14(22)13(10-23-15)18(26)27/h9-10,12H,5-8,11H2,1-4H3,(H,26,27). The highest BCUT2D eigenvalue weighted by Crippen LogP contribution is 2.50. The van der Waals surface area contributed by atoms with E-state index in [9.17, 15) is 9.90 Å². The molecule has 2 heterocycles. The van der Waals surface area contributed by atoms with Crippen LogP contribution in [0.2, 0.25) is 5.02 Å². The summed E-state index contributed by atoms with van der Waals surface area (Å²) in [5.41, 5.74) is 1.39. The first kappa shape index (κ1) is 19.6. The summed E-state index contributed by atoms with van der Waals surface area (Å²) >= 11 is 7.98. The zero-order valence-corrected chi connectivity index (χ0v) is 18.3. The molecule has 4 rings (SSSR count). The monoisotopic (exact) mass is 419 g/mol. The van der Waals surface area contributed by atoms with Gasteiger partial charge in [-0.2, -0.15) is 0 Å². The van der Waals surface area contributed by atoms with Crippen molar-refractivity contribution in [1.82, 2.24) is 9.97 Å². The lowest BCUT2D eigenvalue weighted by Crippen LogP contribution is -2.32. The van der Waals surface area contributed by atoms with Crippen LogP contribution in [-0.2, 0) is 10.8 Å². The highest BCUT2D eigenvalue weighted by molar-refractivity contribution is 7.16. The Hall–Kier alpha value is -1.66. The highest BCUT2D eigenvalue weighted by Gasteiger charge is 2.41. The Kier molecular flexibility index (Phi) is 4.70. The Labute approximate surface area is 174 Å². The first-order valence-corrected chi connectivity index (χ1v) is 11.0. The Morgan fingerprint density at radius 2 is 1.96 bits per heavy atom. The summed E-state index contributed by atoms with van der Waals surface area (Å²) in [6.07, 6.45) is 6.03. The number of aromatic carboxylic acids is 1. The molecule has 5 nitrogen and oxygen atoms in total. The largest absolute Gasteiger partial charge is 0.478 e. The third-order valence-electron chi connectivity index (χ3n) is 5.96. The van der Waals surface area contributed by atoms with Crippen LogP contribution < -0.4 is 4.90 Å². The molecule has 2 aliphatic carbocycles. The van der Waals surface area contributed by atoms with Crippen molar-refractivity contribution in [3.63, 3.8) is 0 Å². The van der Waals surface area contributed by atoms with Crippen molar-refractivity contribution in [3.8, 4) is 0 Å². The number of thiazole rings is 1. The summed E-state index contributed by atoms with van der Waals surface area (Å²) in [4.78, 5) is 24.3. The molecule has 0 bridgehead atoms. The van der Waals surface area contributed by atoms with Gasteiger partial charge < -0.3 is 10.0 Å². The van der Waals surface area contributed by atoms with Gasteiger partial charge in [0.15, 0.2) is 5.13 Å². The number of anilines is 2. The number of halogens is 1. The van der Waals surface area contributed by atoms with Crippen LogP contribution in [0.4, 0.5) is 10.9 Å². The van der Waals surface area contributed by atoms with Crippen molar-refractivity contribution in [2.75, 3.05) is 11.4 Å². The lowest BCUT2D eigenvalue weighted by Gasteiger charge is -2.37. The van der Waals surface area contributed by atoms with Gasteiger partial charge in [-0.05, 0) is 31.6 Å². The van der Waals surface area contributed by atoms with Crippen molar-refractivity contribution in [1.29, 1.82) is 0 Å². The average Bonchev–Trinajstić information content (AvgIpc) is 3.31. The predicted octanol–water partition coefficient (Wildman–Crippen LogP) is 5.79. The maximum absolute atomic E-state index is 11.3. The molecule has 0 spiro atoms. The van der Waals surface area contributed by atoms with Crippen LogP contribution >= 0.6 is 22.9 Å². The molecule has 0 aliphatic heterocycles. The molecule has 1 N–H and O–H groups in total. The fourth-order valence-corrected chi connectivity index (χ4v) is 5.37. The number of nitrogens with zero attached hydrogens (tertiary/aromatic N) is 3. The number of aromatic nitrogens is 2. The number of carboxylic acids is 1. The van der Waals surface area contributed by atoms with Crippen LogP contribution in [-0.4, -0.2) is 27.6 Å². The van der Waals surface area contributed by atoms with E-state index in [1.165, 1.54) is 29.6 Å². The minimum absolute atomic E-state index is 0.0255. The van der Waals surface area contributed by atoms with Crippen molar-refractivity contribution < 1.29 is 9.90 Å². The highest BCUT2D eigenvalue weighted by atomic mass is 35.5. The minimum Gasteiger partial charge on any atom is -0.478 e. The van der Waals surface area contributed by atoms with E-state index in [1.54, 1.807) is 17.4 Å². The summed E-state index contributed by atoms with van der Waals surface area (Å²) < 4.78 is 0. The summed E-state index contributed by atoms with van der Waals surface area (Å²) in [6.45, 7) is 9.97. The number of pyridine rings is 1. The van der Waals surface area contributed by atoms with E-state index in [0.29, 0.717) is 11.7 Å². The first-order valence-electron chi connectivity index (χ1n) is 9.77. The normalized spacial score (nSPS) is 19.9. The molecule has 0 unspecified atom stereocenters. The molecule has 7 heteroatoms. The fourth-order valence-electron chi connectivity index (χ4n) is 3.75. The summed E-state index contributed by atoms with van der Waals surface area (Å²) in [5.74, 6) is 0.233. The molecule has 0 aromatic carbocycles. The number of hydrogen-bond acceptors (Lipinski definition) is 5. The number of carbonyl (C=O) groups is 1. The number of carboxylic acid groups (broad SMARTS) is 1. The van der Waals surface area contributed by atoms with Crippen LogP contribution in [0.1, 0.15) is 74.3 Å². The van der Waals surface area contributed by atoms with Crippen molar-refractivity contribution in [2.24, 2.45) is 5.92 Å². The lowest BCUT2D eigenvalue weighted by molar-refractivity contribution is 0.0696. The van der Waals surface area contributed by atoms with Crippen molar-refractivity contribution >= 4 is 39.9 Å². The molecule has 0 atom stereocenters. The van der Waals surface area contributed by atoms with E-state index in [1.807, 2.05) is 0 Å². The summed E-state index contributed by atoms with van der Waals surface area (Å²) in [5, 5.41) is 10.4. The quantitative estimate of drug-likeness (QED) is 0.664. The van der Waals surface area contributed by atoms with Gasteiger partial charge in [0, 0.05) is 34.5 Å². The first-order chi connectivity index (χ1) is 13.1. The number of rotatable bonds is 5. The fraction of sp³-hybridized carbons (Fsp3) is 0.571. The van der Waals surface area contributed by atoms with E-state index in [4.69, 9.17) is 16.6 Å². The second-order valence-electron chi connectivity index (χ2n) is 9.32. The second kappa shape index (κ2) is 6.70. The van der Waals surface area contributed by atoms with Crippen LogP contribution in [0.3, 0.4) is 0 Å². The third-order valence-corrected chi connectivity index (χ3v) is 7.72. The topological polar surface area (TPSA) is 66.3 Å². The van der Waals surface area contributed by atoms with Gasteiger partial charge in [-0.25, -0.2) is 14.8 Å². The zero-order valence-electron chi connectivity index (χ0n) is 16.8. The van der Waals surface area contributed by atoms with Gasteiger partial charge in [0.25, 0.3) is 0 Å². The molecule has 1 fully saturated rings. The molecule has 2 aliphatic rings. The molecule has 1 saturated carbocycles. The minimum atomic E-state index is -1.06. The third kappa shape index (κ3) is 3.52. The van der Waals surface area contributed by atoms with Gasteiger partial charge in [0.05, 0.1) is 16.3 Å². The van der Waals surface area contributed by atoms with Crippen LogP contribution in [0.5, 0.6) is 0 Å². The predicted molar refractivity (Wildman–Crippen MR) is 113 cm³/mol. The molecule has 0 saturated heterocycles. The maximum atomic E-state index is 11.3. The van der Waals surface area contributed by atoms with Crippen LogP contribution in [0.15, 0.2) is 12.3 Å². The number of fused-ring (bicyclic) bond motifs is 1. The van der Waals surface area contributed by atoms with Gasteiger partial charge >= 0.3 is 5.97 Å². The average molecular weight is 420 g/mol. The molecule has 2 aromatic heterocycles. The van der Waals surface area contributed by atoms with Crippen molar-refractivity contribution in [3.05, 3.63) is 33.4 Å². The van der Waals surface area contributed by atoms with Gasteiger partial charge in [-0.3, -0.25) is 0 Å². The Balaban J connectivity index is 1.78. The Morgan fingerprint density at radius 3 is 2.54 bits per heavy atom. The Morgan fingerprint density at radius 1 is 1.29 bits per heavy atom. The van der Waals surface area contributed by atoms with E-state index < -0.39 is 5.97 Å². The summed E-state index contributed by atoms with van der Waals surface area (Å²) in [6, 6.07) is 1.66. The molecule has 0 amide bonds. The Bertz CT molecular complexity index is 900. The smallest absolute Gasteiger partial charge is 0.338 e. The molecule has 150 valence electrons.